The summed E-state index contributed by atoms with van der Waals surface area (Å²) in [6.07, 6.45) is 69.6. The minimum atomic E-state index is -0.776. The number of carbonyl (C=O) groups excluding carboxylic acids is 3. The summed E-state index contributed by atoms with van der Waals surface area (Å²) >= 11 is 0. The van der Waals surface area contributed by atoms with Crippen molar-refractivity contribution in [1.82, 2.24) is 0 Å². The Morgan fingerprint density at radius 2 is 0.574 bits per heavy atom. The van der Waals surface area contributed by atoms with Crippen molar-refractivity contribution in [2.24, 2.45) is 0 Å². The molecule has 6 heteroatoms. The third kappa shape index (κ3) is 54.3. The number of ether oxygens (including phenoxy) is 3. The Labute approximate surface area is 422 Å². The maximum atomic E-state index is 12.9. The van der Waals surface area contributed by atoms with Crippen LogP contribution >= 0.6 is 0 Å². The van der Waals surface area contributed by atoms with Crippen molar-refractivity contribution in [2.45, 2.75) is 316 Å². The van der Waals surface area contributed by atoms with E-state index in [9.17, 15) is 14.4 Å². The van der Waals surface area contributed by atoms with Gasteiger partial charge in [-0.15, -0.1) is 0 Å². The lowest BCUT2D eigenvalue weighted by atomic mass is 10.0. The molecule has 1 atom stereocenters. The summed E-state index contributed by atoms with van der Waals surface area (Å²) in [4.78, 5) is 38.2. The van der Waals surface area contributed by atoms with Gasteiger partial charge in [0, 0.05) is 19.3 Å². The summed E-state index contributed by atoms with van der Waals surface area (Å²) in [6, 6.07) is 0. The van der Waals surface area contributed by atoms with Gasteiger partial charge in [0.1, 0.15) is 13.2 Å². The van der Waals surface area contributed by atoms with E-state index in [-0.39, 0.29) is 31.1 Å². The standard InChI is InChI=1S/C62H112O6/c1-4-7-10-13-16-19-22-25-27-29-31-33-35-37-40-43-46-49-52-55-61(64)67-58-59(57-66-60(63)54-51-48-45-42-39-24-21-18-15-12-9-6-3)68-62(65)56-53-50-47-44-41-38-36-34-32-30-28-26-23-20-17-14-11-8-5-2/h7,10,16,18-19,21,25,27,59H,4-6,8-9,11-15,17,20,22-24,26,28-58H2,1-3H3/b10-7-,19-16-,21-18-,27-25-. The smallest absolute Gasteiger partial charge is 0.306 e. The Hall–Kier alpha value is -2.63. The maximum absolute atomic E-state index is 12.9. The first kappa shape index (κ1) is 65.4. The zero-order valence-corrected chi connectivity index (χ0v) is 45.4. The predicted octanol–water partition coefficient (Wildman–Crippen LogP) is 19.8. The average Bonchev–Trinajstić information content (AvgIpc) is 3.34. The van der Waals surface area contributed by atoms with E-state index in [1.54, 1.807) is 0 Å². The topological polar surface area (TPSA) is 78.9 Å². The van der Waals surface area contributed by atoms with Crippen molar-refractivity contribution < 1.29 is 28.6 Å². The zero-order valence-electron chi connectivity index (χ0n) is 45.4. The van der Waals surface area contributed by atoms with Gasteiger partial charge in [-0.1, -0.05) is 262 Å². The van der Waals surface area contributed by atoms with Crippen LogP contribution in [0.25, 0.3) is 0 Å². The second kappa shape index (κ2) is 57.0. The van der Waals surface area contributed by atoms with Gasteiger partial charge >= 0.3 is 17.9 Å². The molecule has 0 spiro atoms. The molecule has 0 rings (SSSR count). The van der Waals surface area contributed by atoms with Crippen LogP contribution in [0, 0.1) is 0 Å². The number of carbonyl (C=O) groups is 3. The molecule has 0 aromatic heterocycles. The van der Waals surface area contributed by atoms with E-state index in [4.69, 9.17) is 14.2 Å². The van der Waals surface area contributed by atoms with Gasteiger partial charge in [-0.25, -0.2) is 0 Å². The van der Waals surface area contributed by atoms with Crippen molar-refractivity contribution in [1.29, 1.82) is 0 Å². The Bertz CT molecular complexity index is 1190. The van der Waals surface area contributed by atoms with Crippen LogP contribution in [0.2, 0.25) is 0 Å². The molecule has 0 aliphatic carbocycles. The van der Waals surface area contributed by atoms with E-state index < -0.39 is 6.10 Å². The van der Waals surface area contributed by atoms with Gasteiger partial charge < -0.3 is 14.2 Å². The van der Waals surface area contributed by atoms with Crippen molar-refractivity contribution in [2.75, 3.05) is 13.2 Å². The second-order valence-corrected chi connectivity index (χ2v) is 19.9. The minimum Gasteiger partial charge on any atom is -0.462 e. The van der Waals surface area contributed by atoms with Gasteiger partial charge in [-0.2, -0.15) is 0 Å². The highest BCUT2D eigenvalue weighted by Gasteiger charge is 2.19. The van der Waals surface area contributed by atoms with Crippen LogP contribution in [-0.2, 0) is 28.6 Å². The van der Waals surface area contributed by atoms with Crippen molar-refractivity contribution >= 4 is 17.9 Å². The van der Waals surface area contributed by atoms with Crippen molar-refractivity contribution in [3.63, 3.8) is 0 Å². The summed E-state index contributed by atoms with van der Waals surface area (Å²) < 4.78 is 16.9. The first-order chi connectivity index (χ1) is 33.5. The highest BCUT2D eigenvalue weighted by atomic mass is 16.6. The lowest BCUT2D eigenvalue weighted by Gasteiger charge is -2.18. The molecule has 6 nitrogen and oxygen atoms in total. The Morgan fingerprint density at radius 3 is 0.941 bits per heavy atom. The number of allylic oxidation sites excluding steroid dienone is 8. The molecule has 0 bridgehead atoms. The number of esters is 3. The summed E-state index contributed by atoms with van der Waals surface area (Å²) in [5, 5.41) is 0. The van der Waals surface area contributed by atoms with Gasteiger partial charge in [0.15, 0.2) is 6.10 Å². The van der Waals surface area contributed by atoms with E-state index in [1.807, 2.05) is 0 Å². The maximum Gasteiger partial charge on any atom is 0.306 e. The number of rotatable bonds is 54. The third-order valence-electron chi connectivity index (χ3n) is 13.1. The highest BCUT2D eigenvalue weighted by molar-refractivity contribution is 5.71. The average molecular weight is 954 g/mol. The van der Waals surface area contributed by atoms with E-state index in [1.165, 1.54) is 186 Å². The Morgan fingerprint density at radius 1 is 0.309 bits per heavy atom. The molecule has 1 unspecified atom stereocenters. The van der Waals surface area contributed by atoms with Crippen LogP contribution in [-0.4, -0.2) is 37.2 Å². The lowest BCUT2D eigenvalue weighted by Crippen LogP contribution is -2.30. The van der Waals surface area contributed by atoms with E-state index in [2.05, 4.69) is 69.4 Å². The van der Waals surface area contributed by atoms with Gasteiger partial charge in [0.25, 0.3) is 0 Å². The zero-order chi connectivity index (χ0) is 49.3. The molecule has 0 radical (unpaired) electrons. The number of hydrogen-bond acceptors (Lipinski definition) is 6. The fourth-order valence-electron chi connectivity index (χ4n) is 8.63. The third-order valence-corrected chi connectivity index (χ3v) is 13.1. The molecule has 0 aromatic rings. The fourth-order valence-corrected chi connectivity index (χ4v) is 8.63. The molecule has 0 aromatic carbocycles. The SMILES string of the molecule is CC/C=C\C/C=C\C/C=C\CCCCCCCCCCCC(=O)OCC(COC(=O)CCCCCCC/C=C\CCCCC)OC(=O)CCCCCCCCCCCCCCCCCCCCC. The van der Waals surface area contributed by atoms with Gasteiger partial charge in [0.2, 0.25) is 0 Å². The minimum absolute atomic E-state index is 0.0755. The Balaban J connectivity index is 4.31. The van der Waals surface area contributed by atoms with E-state index >= 15 is 0 Å². The summed E-state index contributed by atoms with van der Waals surface area (Å²) in [7, 11) is 0. The summed E-state index contributed by atoms with van der Waals surface area (Å²) in [5.74, 6) is -0.873. The van der Waals surface area contributed by atoms with Crippen LogP contribution in [0.4, 0.5) is 0 Å². The summed E-state index contributed by atoms with van der Waals surface area (Å²) in [6.45, 7) is 6.54. The van der Waals surface area contributed by atoms with Crippen LogP contribution in [0.5, 0.6) is 0 Å². The summed E-state index contributed by atoms with van der Waals surface area (Å²) in [5.41, 5.74) is 0. The molecular weight excluding hydrogens is 841 g/mol. The lowest BCUT2D eigenvalue weighted by molar-refractivity contribution is -0.167. The molecule has 68 heavy (non-hydrogen) atoms. The normalized spacial score (nSPS) is 12.3. The number of hydrogen-bond donors (Lipinski definition) is 0. The van der Waals surface area contributed by atoms with Gasteiger partial charge in [-0.05, 0) is 77.0 Å². The molecule has 0 amide bonds. The monoisotopic (exact) mass is 953 g/mol. The van der Waals surface area contributed by atoms with Crippen molar-refractivity contribution in [3.05, 3.63) is 48.6 Å². The van der Waals surface area contributed by atoms with E-state index in [0.29, 0.717) is 19.3 Å². The molecule has 396 valence electrons. The first-order valence-corrected chi connectivity index (χ1v) is 29.6. The highest BCUT2D eigenvalue weighted by Crippen LogP contribution is 2.17. The molecule has 0 N–H and O–H groups in total. The molecule has 0 aliphatic rings. The van der Waals surface area contributed by atoms with Gasteiger partial charge in [0.05, 0.1) is 0 Å². The molecule has 0 saturated heterocycles. The molecule has 0 saturated carbocycles. The quantitative estimate of drug-likeness (QED) is 0.0262. The van der Waals surface area contributed by atoms with Crippen LogP contribution in [0.1, 0.15) is 310 Å². The largest absolute Gasteiger partial charge is 0.462 e. The second-order valence-electron chi connectivity index (χ2n) is 19.9. The molecular formula is C62H112O6. The fraction of sp³-hybridized carbons (Fsp3) is 0.823. The van der Waals surface area contributed by atoms with Gasteiger partial charge in [-0.3, -0.25) is 14.4 Å². The van der Waals surface area contributed by atoms with Crippen molar-refractivity contribution in [3.8, 4) is 0 Å². The molecule has 0 heterocycles. The first-order valence-electron chi connectivity index (χ1n) is 29.6. The predicted molar refractivity (Wildman–Crippen MR) is 293 cm³/mol. The van der Waals surface area contributed by atoms with Crippen LogP contribution < -0.4 is 0 Å². The molecule has 0 aliphatic heterocycles. The van der Waals surface area contributed by atoms with E-state index in [0.717, 1.165) is 83.5 Å². The molecule has 0 fully saturated rings. The number of unbranched alkanes of at least 4 members (excludes halogenated alkanes) is 35. The van der Waals surface area contributed by atoms with Crippen LogP contribution in [0.15, 0.2) is 48.6 Å². The van der Waals surface area contributed by atoms with Crippen LogP contribution in [0.3, 0.4) is 0 Å². The Kier molecular flexibility index (Phi) is 54.8.